The van der Waals surface area contributed by atoms with Crippen LogP contribution in [0.5, 0.6) is 11.5 Å². The number of thioether (sulfide) groups is 1. The van der Waals surface area contributed by atoms with Gasteiger partial charge in [-0.25, -0.2) is 14.2 Å². The van der Waals surface area contributed by atoms with Crippen molar-refractivity contribution in [3.05, 3.63) is 70.1 Å². The summed E-state index contributed by atoms with van der Waals surface area (Å²) in [6, 6.07) is 11.1. The predicted octanol–water partition coefficient (Wildman–Crippen LogP) is 4.65. The number of aliphatic hydroxyl groups excluding tert-OH is 1. The second kappa shape index (κ2) is 8.83. The Labute approximate surface area is 171 Å². The number of aliphatic hydroxyl groups is 1. The Balaban J connectivity index is 2.08. The van der Waals surface area contributed by atoms with Gasteiger partial charge in [-0.15, -0.1) is 0 Å². The van der Waals surface area contributed by atoms with Gasteiger partial charge in [0.05, 0.1) is 26.2 Å². The van der Waals surface area contributed by atoms with Gasteiger partial charge in [0.2, 0.25) is 0 Å². The van der Waals surface area contributed by atoms with Crippen LogP contribution in [0, 0.1) is 5.82 Å². The Morgan fingerprint density at radius 2 is 1.90 bits per heavy atom. The standard InChI is InChI=1S/C21H18FNO5S/c1-26-13-9-8-12(16(11-13)27-2)10-17-19(24)18(21(25)28-3)20(29-17)23-15-7-5-4-6-14(15)22/h4-11,24H,1-3H3/b17-10+,23-20?. The summed E-state index contributed by atoms with van der Waals surface area (Å²) >= 11 is 1.03. The Morgan fingerprint density at radius 3 is 2.55 bits per heavy atom. The summed E-state index contributed by atoms with van der Waals surface area (Å²) in [5, 5.41) is 10.8. The lowest BCUT2D eigenvalue weighted by Crippen LogP contribution is -2.10. The molecule has 8 heteroatoms. The maximum absolute atomic E-state index is 14.0. The van der Waals surface area contributed by atoms with Gasteiger partial charge in [-0.2, -0.15) is 0 Å². The highest BCUT2D eigenvalue weighted by Gasteiger charge is 2.33. The number of ether oxygens (including phenoxy) is 3. The van der Waals surface area contributed by atoms with Crippen molar-refractivity contribution in [1.82, 2.24) is 0 Å². The first kappa shape index (κ1) is 20.5. The molecule has 0 saturated heterocycles. The lowest BCUT2D eigenvalue weighted by molar-refractivity contribution is -0.135. The van der Waals surface area contributed by atoms with Gasteiger partial charge >= 0.3 is 5.97 Å². The van der Waals surface area contributed by atoms with Crippen molar-refractivity contribution in [3.63, 3.8) is 0 Å². The van der Waals surface area contributed by atoms with Crippen LogP contribution in [0.15, 0.2) is 63.7 Å². The summed E-state index contributed by atoms with van der Waals surface area (Å²) in [4.78, 5) is 16.8. The van der Waals surface area contributed by atoms with E-state index in [9.17, 15) is 14.3 Å². The molecule has 1 heterocycles. The van der Waals surface area contributed by atoms with Gasteiger partial charge in [-0.05, 0) is 30.3 Å². The number of nitrogens with zero attached hydrogens (tertiary/aromatic N) is 1. The monoisotopic (exact) mass is 415 g/mol. The number of rotatable bonds is 5. The fourth-order valence-corrected chi connectivity index (χ4v) is 3.64. The van der Waals surface area contributed by atoms with Crippen LogP contribution in [0.25, 0.3) is 6.08 Å². The second-order valence-corrected chi connectivity index (χ2v) is 6.83. The molecule has 2 aromatic carbocycles. The second-order valence-electron chi connectivity index (χ2n) is 5.80. The highest BCUT2D eigenvalue weighted by molar-refractivity contribution is 8.18. The summed E-state index contributed by atoms with van der Waals surface area (Å²) < 4.78 is 29.3. The lowest BCUT2D eigenvalue weighted by Gasteiger charge is -2.08. The van der Waals surface area contributed by atoms with E-state index in [4.69, 9.17) is 14.2 Å². The SMILES string of the molecule is COC(=O)C1=C(O)/C(=C\c2ccc(OC)cc2OC)SC1=Nc1ccccc1F. The molecule has 1 N–H and O–H groups in total. The van der Waals surface area contributed by atoms with E-state index in [-0.39, 0.29) is 22.1 Å². The summed E-state index contributed by atoms with van der Waals surface area (Å²) in [5.41, 5.74) is 0.575. The molecule has 150 valence electrons. The summed E-state index contributed by atoms with van der Waals surface area (Å²) in [7, 11) is 4.25. The van der Waals surface area contributed by atoms with E-state index in [0.29, 0.717) is 22.0 Å². The van der Waals surface area contributed by atoms with Crippen molar-refractivity contribution < 1.29 is 28.5 Å². The molecule has 0 radical (unpaired) electrons. The molecule has 1 aliphatic heterocycles. The number of halogens is 1. The van der Waals surface area contributed by atoms with E-state index < -0.39 is 11.8 Å². The van der Waals surface area contributed by atoms with Crippen LogP contribution in [-0.4, -0.2) is 37.4 Å². The molecule has 0 spiro atoms. The first-order chi connectivity index (χ1) is 14.0. The van der Waals surface area contributed by atoms with Gasteiger partial charge in [-0.1, -0.05) is 23.9 Å². The normalized spacial score (nSPS) is 16.4. The van der Waals surface area contributed by atoms with E-state index in [1.54, 1.807) is 37.5 Å². The minimum Gasteiger partial charge on any atom is -0.506 e. The minimum atomic E-state index is -0.768. The van der Waals surface area contributed by atoms with Gasteiger partial charge in [0.25, 0.3) is 0 Å². The molecule has 0 amide bonds. The molecule has 0 aromatic heterocycles. The maximum Gasteiger partial charge on any atom is 0.344 e. The highest BCUT2D eigenvalue weighted by atomic mass is 32.2. The van der Waals surface area contributed by atoms with Gasteiger partial charge in [0, 0.05) is 11.6 Å². The number of hydrogen-bond donors (Lipinski definition) is 1. The lowest BCUT2D eigenvalue weighted by atomic mass is 10.1. The third-order valence-corrected chi connectivity index (χ3v) is 5.10. The molecule has 0 saturated carbocycles. The zero-order chi connectivity index (χ0) is 21.0. The van der Waals surface area contributed by atoms with Crippen molar-refractivity contribution in [2.45, 2.75) is 0 Å². The highest BCUT2D eigenvalue weighted by Crippen LogP contribution is 2.41. The summed E-state index contributed by atoms with van der Waals surface area (Å²) in [6.07, 6.45) is 1.64. The largest absolute Gasteiger partial charge is 0.506 e. The van der Waals surface area contributed by atoms with Crippen LogP contribution in [-0.2, 0) is 9.53 Å². The molecule has 29 heavy (non-hydrogen) atoms. The summed E-state index contributed by atoms with van der Waals surface area (Å²) in [6.45, 7) is 0. The smallest absolute Gasteiger partial charge is 0.344 e. The molecule has 0 fully saturated rings. The Kier molecular flexibility index (Phi) is 6.23. The molecule has 0 aliphatic carbocycles. The van der Waals surface area contributed by atoms with Gasteiger partial charge in [0.15, 0.2) is 0 Å². The van der Waals surface area contributed by atoms with E-state index in [1.165, 1.54) is 32.4 Å². The number of methoxy groups -OCH3 is 3. The number of para-hydroxylation sites is 1. The third-order valence-electron chi connectivity index (χ3n) is 4.08. The maximum atomic E-state index is 14.0. The van der Waals surface area contributed by atoms with E-state index in [0.717, 1.165) is 11.8 Å². The molecular weight excluding hydrogens is 397 g/mol. The number of esters is 1. The Bertz CT molecular complexity index is 1050. The van der Waals surface area contributed by atoms with Crippen LogP contribution in [0.2, 0.25) is 0 Å². The minimum absolute atomic E-state index is 0.0486. The molecule has 3 rings (SSSR count). The van der Waals surface area contributed by atoms with E-state index >= 15 is 0 Å². The van der Waals surface area contributed by atoms with Gasteiger partial charge < -0.3 is 19.3 Å². The first-order valence-corrected chi connectivity index (χ1v) is 9.27. The molecule has 0 atom stereocenters. The number of carbonyl (C=O) groups excluding carboxylic acids is 1. The van der Waals surface area contributed by atoms with Crippen LogP contribution < -0.4 is 9.47 Å². The Morgan fingerprint density at radius 1 is 1.14 bits per heavy atom. The number of carbonyl (C=O) groups is 1. The fraction of sp³-hybridized carbons (Fsp3) is 0.143. The molecule has 2 aromatic rings. The average Bonchev–Trinajstić information content (AvgIpc) is 3.04. The predicted molar refractivity (Wildman–Crippen MR) is 110 cm³/mol. The number of benzene rings is 2. The van der Waals surface area contributed by atoms with Crippen LogP contribution in [0.1, 0.15) is 5.56 Å². The number of aliphatic imine (C=N–C) groups is 1. The van der Waals surface area contributed by atoms with Gasteiger partial charge in [-0.3, -0.25) is 0 Å². The zero-order valence-corrected chi connectivity index (χ0v) is 16.7. The van der Waals surface area contributed by atoms with E-state index in [1.807, 2.05) is 0 Å². The van der Waals surface area contributed by atoms with Crippen molar-refractivity contribution in [2.24, 2.45) is 4.99 Å². The zero-order valence-electron chi connectivity index (χ0n) is 15.9. The molecule has 6 nitrogen and oxygen atoms in total. The van der Waals surface area contributed by atoms with Crippen molar-refractivity contribution in [1.29, 1.82) is 0 Å². The fourth-order valence-electron chi connectivity index (χ4n) is 2.62. The van der Waals surface area contributed by atoms with Crippen molar-refractivity contribution in [3.8, 4) is 11.5 Å². The van der Waals surface area contributed by atoms with Crippen molar-refractivity contribution >= 4 is 34.5 Å². The van der Waals surface area contributed by atoms with Crippen LogP contribution in [0.3, 0.4) is 0 Å². The van der Waals surface area contributed by atoms with Crippen LogP contribution in [0.4, 0.5) is 10.1 Å². The van der Waals surface area contributed by atoms with E-state index in [2.05, 4.69) is 4.99 Å². The topological polar surface area (TPSA) is 77.4 Å². The molecule has 0 unspecified atom stereocenters. The molecule has 0 bridgehead atoms. The molecule has 1 aliphatic rings. The quantitative estimate of drug-likeness (QED) is 0.717. The third kappa shape index (κ3) is 4.27. The molecular formula is C21H18FNO5S. The van der Waals surface area contributed by atoms with Crippen LogP contribution >= 0.6 is 11.8 Å². The number of hydrogen-bond acceptors (Lipinski definition) is 7. The van der Waals surface area contributed by atoms with Gasteiger partial charge in [0.1, 0.15) is 39.4 Å². The summed E-state index contributed by atoms with van der Waals surface area (Å²) in [5.74, 6) is -0.479. The Hall–Kier alpha value is -3.26. The average molecular weight is 415 g/mol. The first-order valence-electron chi connectivity index (χ1n) is 8.45. The van der Waals surface area contributed by atoms with Crippen molar-refractivity contribution in [2.75, 3.05) is 21.3 Å².